The third kappa shape index (κ3) is 6.24. The lowest BCUT2D eigenvalue weighted by atomic mass is 9.85. The molecule has 0 aromatic heterocycles. The van der Waals surface area contributed by atoms with E-state index >= 15 is 0 Å². The van der Waals surface area contributed by atoms with Gasteiger partial charge in [-0.25, -0.2) is 4.79 Å². The van der Waals surface area contributed by atoms with Gasteiger partial charge in [-0.1, -0.05) is 45.4 Å². The zero-order valence-corrected chi connectivity index (χ0v) is 11.5. The van der Waals surface area contributed by atoms with Crippen LogP contribution in [0.4, 0.5) is 4.79 Å². The van der Waals surface area contributed by atoms with Crippen LogP contribution in [0.2, 0.25) is 0 Å². The molecule has 1 rings (SSSR count). The quantitative estimate of drug-likeness (QED) is 0.689. The highest BCUT2D eigenvalue weighted by atomic mass is 16.5. The Bertz CT molecular complexity index is 227. The van der Waals surface area contributed by atoms with Crippen LogP contribution in [0.15, 0.2) is 0 Å². The summed E-state index contributed by atoms with van der Waals surface area (Å²) in [6.07, 6.45) is 8.73. The second-order valence-corrected chi connectivity index (χ2v) is 5.25. The maximum absolute atomic E-state index is 11.5. The Morgan fingerprint density at radius 1 is 1.39 bits per heavy atom. The largest absolute Gasteiger partial charge is 0.450 e. The van der Waals surface area contributed by atoms with Crippen molar-refractivity contribution in [2.45, 2.75) is 64.3 Å². The number of amides is 1. The summed E-state index contributed by atoms with van der Waals surface area (Å²) >= 11 is 0. The maximum Gasteiger partial charge on any atom is 0.407 e. The summed E-state index contributed by atoms with van der Waals surface area (Å²) in [4.78, 5) is 11.5. The fourth-order valence-electron chi connectivity index (χ4n) is 2.52. The summed E-state index contributed by atoms with van der Waals surface area (Å²) < 4.78 is 5.04. The zero-order valence-electron chi connectivity index (χ0n) is 11.5. The first kappa shape index (κ1) is 15.3. The number of hydrogen-bond acceptors (Lipinski definition) is 3. The summed E-state index contributed by atoms with van der Waals surface area (Å²) in [6, 6.07) is -0.151. The van der Waals surface area contributed by atoms with Crippen LogP contribution in [-0.2, 0) is 4.74 Å². The van der Waals surface area contributed by atoms with Crippen molar-refractivity contribution >= 4 is 6.09 Å². The molecule has 1 atom stereocenters. The molecule has 0 aliphatic heterocycles. The van der Waals surface area contributed by atoms with Crippen molar-refractivity contribution in [3.63, 3.8) is 0 Å². The Balaban J connectivity index is 2.20. The molecule has 1 saturated carbocycles. The van der Waals surface area contributed by atoms with Gasteiger partial charge in [-0.2, -0.15) is 0 Å². The number of aliphatic hydroxyl groups excluding tert-OH is 1. The highest BCUT2D eigenvalue weighted by Crippen LogP contribution is 2.27. The third-order valence-electron chi connectivity index (χ3n) is 3.62. The summed E-state index contributed by atoms with van der Waals surface area (Å²) in [6.45, 7) is 2.52. The van der Waals surface area contributed by atoms with Crippen LogP contribution >= 0.6 is 0 Å². The summed E-state index contributed by atoms with van der Waals surface area (Å²) in [5.41, 5.74) is 0. The van der Waals surface area contributed by atoms with Gasteiger partial charge in [0.1, 0.15) is 0 Å². The Labute approximate surface area is 110 Å². The van der Waals surface area contributed by atoms with E-state index in [-0.39, 0.29) is 12.6 Å². The number of carbonyl (C=O) groups excluding carboxylic acids is 1. The highest BCUT2D eigenvalue weighted by molar-refractivity contribution is 5.67. The van der Waals surface area contributed by atoms with Crippen molar-refractivity contribution in [2.24, 2.45) is 5.92 Å². The number of carbonyl (C=O) groups is 1. The van der Waals surface area contributed by atoms with E-state index < -0.39 is 6.09 Å². The van der Waals surface area contributed by atoms with Gasteiger partial charge in [0.2, 0.25) is 0 Å². The summed E-state index contributed by atoms with van der Waals surface area (Å²) in [5, 5.41) is 12.1. The molecule has 1 fully saturated rings. The lowest BCUT2D eigenvalue weighted by molar-refractivity contribution is 0.128. The van der Waals surface area contributed by atoms with E-state index in [1.807, 2.05) is 0 Å². The number of nitrogens with one attached hydrogen (secondary N) is 1. The number of ether oxygens (including phenoxy) is 1. The Morgan fingerprint density at radius 2 is 2.11 bits per heavy atom. The molecule has 106 valence electrons. The van der Waals surface area contributed by atoms with Crippen LogP contribution in [0.25, 0.3) is 0 Å². The molecule has 1 amide bonds. The molecule has 0 aromatic rings. The molecule has 1 aliphatic rings. The van der Waals surface area contributed by atoms with Gasteiger partial charge in [-0.3, -0.25) is 0 Å². The van der Waals surface area contributed by atoms with Gasteiger partial charge in [-0.15, -0.1) is 0 Å². The molecular weight excluding hydrogens is 230 g/mol. The molecule has 4 nitrogen and oxygen atoms in total. The number of hydrogen-bond donors (Lipinski definition) is 2. The molecular formula is C14H27NO3. The van der Waals surface area contributed by atoms with E-state index in [0.717, 1.165) is 19.3 Å². The van der Waals surface area contributed by atoms with E-state index in [1.165, 1.54) is 32.1 Å². The molecule has 18 heavy (non-hydrogen) atoms. The van der Waals surface area contributed by atoms with Crippen LogP contribution in [0.1, 0.15) is 58.3 Å². The van der Waals surface area contributed by atoms with Crippen molar-refractivity contribution < 1.29 is 14.6 Å². The lowest BCUT2D eigenvalue weighted by Gasteiger charge is -2.25. The van der Waals surface area contributed by atoms with Crippen LogP contribution in [-0.4, -0.2) is 30.5 Å². The van der Waals surface area contributed by atoms with Gasteiger partial charge >= 0.3 is 6.09 Å². The molecule has 0 radical (unpaired) electrons. The van der Waals surface area contributed by atoms with Crippen molar-refractivity contribution in [3.8, 4) is 0 Å². The van der Waals surface area contributed by atoms with Gasteiger partial charge in [0.05, 0.1) is 19.3 Å². The minimum Gasteiger partial charge on any atom is -0.450 e. The fourth-order valence-corrected chi connectivity index (χ4v) is 2.52. The van der Waals surface area contributed by atoms with Crippen molar-refractivity contribution in [1.82, 2.24) is 5.32 Å². The van der Waals surface area contributed by atoms with Gasteiger partial charge in [0.25, 0.3) is 0 Å². The SMILES string of the molecule is CCCCOC(=O)N[C@H](CO)CC1CCCCC1. The molecule has 0 aromatic carbocycles. The Morgan fingerprint density at radius 3 is 2.72 bits per heavy atom. The first-order valence-corrected chi connectivity index (χ1v) is 7.30. The number of unbranched alkanes of at least 4 members (excludes halogenated alkanes) is 1. The first-order chi connectivity index (χ1) is 8.76. The van der Waals surface area contributed by atoms with Gasteiger partial charge < -0.3 is 15.2 Å². The monoisotopic (exact) mass is 257 g/mol. The van der Waals surface area contributed by atoms with E-state index in [2.05, 4.69) is 12.2 Å². The molecule has 0 unspecified atom stereocenters. The molecule has 0 spiro atoms. The summed E-state index contributed by atoms with van der Waals surface area (Å²) in [5.74, 6) is 0.645. The average Bonchev–Trinajstić information content (AvgIpc) is 2.39. The highest BCUT2D eigenvalue weighted by Gasteiger charge is 2.20. The van der Waals surface area contributed by atoms with E-state index in [9.17, 15) is 9.90 Å². The standard InChI is InChI=1S/C14H27NO3/c1-2-3-9-18-14(17)15-13(11-16)10-12-7-5-4-6-8-12/h12-13,16H,2-11H2,1H3,(H,15,17)/t13-/m0/s1. The normalized spacial score (nSPS) is 18.3. The zero-order chi connectivity index (χ0) is 13.2. The van der Waals surface area contributed by atoms with Gasteiger partial charge in [0, 0.05) is 0 Å². The molecule has 1 aliphatic carbocycles. The van der Waals surface area contributed by atoms with Crippen LogP contribution in [0.3, 0.4) is 0 Å². The predicted molar refractivity (Wildman–Crippen MR) is 71.5 cm³/mol. The molecule has 0 saturated heterocycles. The third-order valence-corrected chi connectivity index (χ3v) is 3.62. The topological polar surface area (TPSA) is 58.6 Å². The van der Waals surface area contributed by atoms with Crippen LogP contribution < -0.4 is 5.32 Å². The second-order valence-electron chi connectivity index (χ2n) is 5.25. The smallest absolute Gasteiger partial charge is 0.407 e. The van der Waals surface area contributed by atoms with Crippen molar-refractivity contribution in [3.05, 3.63) is 0 Å². The van der Waals surface area contributed by atoms with Crippen LogP contribution in [0, 0.1) is 5.92 Å². The Hall–Kier alpha value is -0.770. The second kappa shape index (κ2) is 9.20. The van der Waals surface area contributed by atoms with Crippen molar-refractivity contribution in [2.75, 3.05) is 13.2 Å². The van der Waals surface area contributed by atoms with Crippen LogP contribution in [0.5, 0.6) is 0 Å². The first-order valence-electron chi connectivity index (χ1n) is 7.30. The predicted octanol–water partition coefficient (Wildman–Crippen LogP) is 2.84. The maximum atomic E-state index is 11.5. The van der Waals surface area contributed by atoms with Crippen molar-refractivity contribution in [1.29, 1.82) is 0 Å². The van der Waals surface area contributed by atoms with E-state index in [4.69, 9.17) is 4.74 Å². The minimum absolute atomic E-state index is 0.000617. The number of aliphatic hydroxyl groups is 1. The number of alkyl carbamates (subject to hydrolysis) is 1. The molecule has 2 N–H and O–H groups in total. The minimum atomic E-state index is -0.390. The van der Waals surface area contributed by atoms with E-state index in [0.29, 0.717) is 12.5 Å². The molecule has 4 heteroatoms. The molecule has 0 heterocycles. The molecule has 0 bridgehead atoms. The van der Waals surface area contributed by atoms with E-state index in [1.54, 1.807) is 0 Å². The van der Waals surface area contributed by atoms with Gasteiger partial charge in [-0.05, 0) is 18.8 Å². The van der Waals surface area contributed by atoms with Gasteiger partial charge in [0.15, 0.2) is 0 Å². The summed E-state index contributed by atoms with van der Waals surface area (Å²) in [7, 11) is 0. The fraction of sp³-hybridized carbons (Fsp3) is 0.929. The lowest BCUT2D eigenvalue weighted by Crippen LogP contribution is -2.39. The number of rotatable bonds is 7. The Kier molecular flexibility index (Phi) is 7.81. The average molecular weight is 257 g/mol.